The van der Waals surface area contributed by atoms with Crippen molar-refractivity contribution in [1.82, 2.24) is 10.2 Å². The van der Waals surface area contributed by atoms with Crippen molar-refractivity contribution in [3.8, 4) is 5.75 Å². The molecule has 5 heteroatoms. The van der Waals surface area contributed by atoms with Crippen molar-refractivity contribution in [2.75, 3.05) is 46.7 Å². The minimum atomic E-state index is -0.0642. The fraction of sp³-hybridized carbons (Fsp3) is 0.350. The number of methoxy groups -OCH3 is 1. The van der Waals surface area contributed by atoms with Crippen LogP contribution < -0.4 is 15.0 Å². The molecule has 1 amide bonds. The molecule has 0 fully saturated rings. The molecule has 0 bridgehead atoms. The smallest absolute Gasteiger partial charge is 0.251 e. The highest BCUT2D eigenvalue weighted by Gasteiger charge is 2.16. The summed E-state index contributed by atoms with van der Waals surface area (Å²) in [7, 11) is 9.62. The number of amides is 1. The van der Waals surface area contributed by atoms with E-state index in [1.807, 2.05) is 81.6 Å². The predicted molar refractivity (Wildman–Crippen MR) is 103 cm³/mol. The van der Waals surface area contributed by atoms with E-state index in [1.165, 1.54) is 0 Å². The number of nitrogens with zero attached hydrogens (tertiary/aromatic N) is 2. The van der Waals surface area contributed by atoms with Crippen LogP contribution in [0.1, 0.15) is 22.0 Å². The minimum Gasteiger partial charge on any atom is -0.497 e. The summed E-state index contributed by atoms with van der Waals surface area (Å²) in [6.07, 6.45) is 0. The van der Waals surface area contributed by atoms with E-state index >= 15 is 0 Å². The van der Waals surface area contributed by atoms with Gasteiger partial charge in [0, 0.05) is 31.9 Å². The van der Waals surface area contributed by atoms with Crippen molar-refractivity contribution in [1.29, 1.82) is 0 Å². The van der Waals surface area contributed by atoms with Crippen molar-refractivity contribution in [2.24, 2.45) is 0 Å². The van der Waals surface area contributed by atoms with Crippen LogP contribution in [0.3, 0.4) is 0 Å². The number of ether oxygens (including phenoxy) is 1. The van der Waals surface area contributed by atoms with Crippen molar-refractivity contribution >= 4 is 11.6 Å². The first-order chi connectivity index (χ1) is 11.9. The molecule has 0 spiro atoms. The number of hydrogen-bond donors (Lipinski definition) is 1. The van der Waals surface area contributed by atoms with Gasteiger partial charge in [-0.2, -0.15) is 0 Å². The second kappa shape index (κ2) is 8.53. The molecule has 134 valence electrons. The Bertz CT molecular complexity index is 679. The monoisotopic (exact) mass is 341 g/mol. The fourth-order valence-electron chi connectivity index (χ4n) is 2.63. The third-order valence-electron chi connectivity index (χ3n) is 4.23. The number of likely N-dealkylation sites (N-methyl/N-ethyl adjacent to an activating group) is 1. The number of nitrogens with one attached hydrogen (secondary N) is 1. The van der Waals surface area contributed by atoms with Gasteiger partial charge in [-0.3, -0.25) is 4.79 Å². The minimum absolute atomic E-state index is 0.0642. The molecule has 2 aromatic carbocycles. The highest BCUT2D eigenvalue weighted by Crippen LogP contribution is 2.21. The molecule has 0 saturated carbocycles. The van der Waals surface area contributed by atoms with E-state index < -0.39 is 0 Å². The Labute approximate surface area is 150 Å². The summed E-state index contributed by atoms with van der Waals surface area (Å²) in [5, 5.41) is 3.03. The molecule has 5 nitrogen and oxygen atoms in total. The SMILES string of the molecule is COc1ccc(C(CNC(=O)c2ccc(N(C)C)cc2)N(C)C)cc1. The average Bonchev–Trinajstić information content (AvgIpc) is 2.62. The van der Waals surface area contributed by atoms with Gasteiger partial charge < -0.3 is 19.9 Å². The maximum atomic E-state index is 12.4. The molecule has 1 unspecified atom stereocenters. The number of hydrogen-bond acceptors (Lipinski definition) is 4. The quantitative estimate of drug-likeness (QED) is 0.841. The Kier molecular flexibility index (Phi) is 6.42. The molecule has 0 heterocycles. The Morgan fingerprint density at radius 1 is 1.00 bits per heavy atom. The largest absolute Gasteiger partial charge is 0.497 e. The van der Waals surface area contributed by atoms with Gasteiger partial charge in [0.25, 0.3) is 5.91 Å². The zero-order chi connectivity index (χ0) is 18.4. The van der Waals surface area contributed by atoms with E-state index in [0.717, 1.165) is 17.0 Å². The standard InChI is InChI=1S/C20H27N3O2/c1-22(2)17-10-6-16(7-11-17)20(24)21-14-19(23(3)4)15-8-12-18(25-5)13-9-15/h6-13,19H,14H2,1-5H3,(H,21,24). The number of anilines is 1. The van der Waals surface area contributed by atoms with Gasteiger partial charge in [0.05, 0.1) is 13.2 Å². The Balaban J connectivity index is 2.03. The Morgan fingerprint density at radius 3 is 2.08 bits per heavy atom. The van der Waals surface area contributed by atoms with Crippen LogP contribution in [-0.4, -0.2) is 52.7 Å². The van der Waals surface area contributed by atoms with Crippen LogP contribution in [0.25, 0.3) is 0 Å². The molecule has 0 radical (unpaired) electrons. The Hall–Kier alpha value is -2.53. The van der Waals surface area contributed by atoms with Crippen LogP contribution in [0, 0.1) is 0 Å². The lowest BCUT2D eigenvalue weighted by molar-refractivity contribution is 0.0942. The first-order valence-corrected chi connectivity index (χ1v) is 8.28. The molecule has 25 heavy (non-hydrogen) atoms. The lowest BCUT2D eigenvalue weighted by atomic mass is 10.1. The van der Waals surface area contributed by atoms with Crippen molar-refractivity contribution < 1.29 is 9.53 Å². The van der Waals surface area contributed by atoms with E-state index in [9.17, 15) is 4.79 Å². The van der Waals surface area contributed by atoms with Crippen LogP contribution in [0.2, 0.25) is 0 Å². The van der Waals surface area contributed by atoms with E-state index in [0.29, 0.717) is 12.1 Å². The summed E-state index contributed by atoms with van der Waals surface area (Å²) in [5.74, 6) is 0.761. The van der Waals surface area contributed by atoms with Crippen LogP contribution in [0.5, 0.6) is 5.75 Å². The van der Waals surface area contributed by atoms with E-state index in [-0.39, 0.29) is 11.9 Å². The molecule has 0 aliphatic rings. The summed E-state index contributed by atoms with van der Waals surface area (Å²) < 4.78 is 5.21. The normalized spacial score (nSPS) is 11.9. The first-order valence-electron chi connectivity index (χ1n) is 8.28. The molecule has 0 aliphatic carbocycles. The fourth-order valence-corrected chi connectivity index (χ4v) is 2.63. The third-order valence-corrected chi connectivity index (χ3v) is 4.23. The van der Waals surface area contributed by atoms with E-state index in [1.54, 1.807) is 7.11 Å². The van der Waals surface area contributed by atoms with Crippen LogP contribution >= 0.6 is 0 Å². The summed E-state index contributed by atoms with van der Waals surface area (Å²) in [6, 6.07) is 15.6. The number of carbonyl (C=O) groups excluding carboxylic acids is 1. The summed E-state index contributed by atoms with van der Waals surface area (Å²) in [4.78, 5) is 16.5. The molecule has 1 N–H and O–H groups in total. The lowest BCUT2D eigenvalue weighted by Gasteiger charge is -2.25. The third kappa shape index (κ3) is 4.97. The first kappa shape index (κ1) is 18.8. The molecule has 0 saturated heterocycles. The summed E-state index contributed by atoms with van der Waals surface area (Å²) in [6.45, 7) is 0.535. The van der Waals surface area contributed by atoms with Crippen LogP contribution in [-0.2, 0) is 0 Å². The zero-order valence-electron chi connectivity index (χ0n) is 15.6. The van der Waals surface area contributed by atoms with Gasteiger partial charge in [0.2, 0.25) is 0 Å². The topological polar surface area (TPSA) is 44.8 Å². The number of benzene rings is 2. The van der Waals surface area contributed by atoms with Gasteiger partial charge in [0.1, 0.15) is 5.75 Å². The molecule has 0 aliphatic heterocycles. The second-order valence-corrected chi connectivity index (χ2v) is 6.40. The number of rotatable bonds is 7. The molecule has 1 atom stereocenters. The van der Waals surface area contributed by atoms with Crippen LogP contribution in [0.4, 0.5) is 5.69 Å². The second-order valence-electron chi connectivity index (χ2n) is 6.40. The van der Waals surface area contributed by atoms with Gasteiger partial charge in [-0.15, -0.1) is 0 Å². The predicted octanol–water partition coefficient (Wildman–Crippen LogP) is 2.79. The molecule has 0 aromatic heterocycles. The number of carbonyl (C=O) groups is 1. The van der Waals surface area contributed by atoms with Crippen molar-refractivity contribution in [2.45, 2.75) is 6.04 Å². The highest BCUT2D eigenvalue weighted by atomic mass is 16.5. The maximum absolute atomic E-state index is 12.4. The van der Waals surface area contributed by atoms with Crippen LogP contribution in [0.15, 0.2) is 48.5 Å². The maximum Gasteiger partial charge on any atom is 0.251 e. The van der Waals surface area contributed by atoms with Gasteiger partial charge in [-0.25, -0.2) is 0 Å². The van der Waals surface area contributed by atoms with Crippen molar-refractivity contribution in [3.05, 3.63) is 59.7 Å². The zero-order valence-corrected chi connectivity index (χ0v) is 15.6. The molecule has 2 rings (SSSR count). The average molecular weight is 341 g/mol. The van der Waals surface area contributed by atoms with Crippen molar-refractivity contribution in [3.63, 3.8) is 0 Å². The van der Waals surface area contributed by atoms with E-state index in [2.05, 4.69) is 10.2 Å². The highest BCUT2D eigenvalue weighted by molar-refractivity contribution is 5.94. The summed E-state index contributed by atoms with van der Waals surface area (Å²) in [5.41, 5.74) is 2.87. The molecular formula is C20H27N3O2. The summed E-state index contributed by atoms with van der Waals surface area (Å²) >= 11 is 0. The van der Waals surface area contributed by atoms with Gasteiger partial charge in [-0.05, 0) is 56.1 Å². The molecular weight excluding hydrogens is 314 g/mol. The van der Waals surface area contributed by atoms with Gasteiger partial charge in [-0.1, -0.05) is 12.1 Å². The molecule has 2 aromatic rings. The van der Waals surface area contributed by atoms with Gasteiger partial charge >= 0.3 is 0 Å². The van der Waals surface area contributed by atoms with Gasteiger partial charge in [0.15, 0.2) is 0 Å². The lowest BCUT2D eigenvalue weighted by Crippen LogP contribution is -2.34. The van der Waals surface area contributed by atoms with E-state index in [4.69, 9.17) is 4.74 Å². The Morgan fingerprint density at radius 2 is 1.60 bits per heavy atom.